The average molecular weight is 323 g/mol. The molecular weight excluding hydrogens is 306 g/mol. The van der Waals surface area contributed by atoms with Crippen LogP contribution in [0.2, 0.25) is 0 Å². The topological polar surface area (TPSA) is 169 Å². The Morgan fingerprint density at radius 1 is 1.17 bits per heavy atom. The number of carboxylic acid groups (broad SMARTS) is 2. The molecule has 0 aliphatic heterocycles. The van der Waals surface area contributed by atoms with Gasteiger partial charge in [0.25, 0.3) is 5.91 Å². The van der Waals surface area contributed by atoms with Gasteiger partial charge in [0.1, 0.15) is 0 Å². The summed E-state index contributed by atoms with van der Waals surface area (Å²) in [5.41, 5.74) is 6.85. The van der Waals surface area contributed by atoms with Crippen molar-refractivity contribution >= 4 is 23.9 Å². The van der Waals surface area contributed by atoms with Crippen LogP contribution >= 0.6 is 0 Å². The fraction of sp³-hybridized carbons (Fsp3) is 0.231. The molecule has 23 heavy (non-hydrogen) atoms. The normalized spacial score (nSPS) is 9.74. The van der Waals surface area contributed by atoms with Crippen molar-refractivity contribution in [2.24, 2.45) is 5.73 Å². The Balaban J connectivity index is 2.73. The maximum absolute atomic E-state index is 12.1. The lowest BCUT2D eigenvalue weighted by Crippen LogP contribution is -2.47. The molecule has 124 valence electrons. The van der Waals surface area contributed by atoms with Gasteiger partial charge in [-0.15, -0.1) is 0 Å². The number of carboxylic acids is 1. The average Bonchev–Trinajstić information content (AvgIpc) is 2.49. The van der Waals surface area contributed by atoms with Gasteiger partial charge in [0.15, 0.2) is 5.96 Å². The summed E-state index contributed by atoms with van der Waals surface area (Å²) in [6.07, 6.45) is -1.11. The molecule has 10 heteroatoms. The second kappa shape index (κ2) is 8.22. The van der Waals surface area contributed by atoms with Crippen LogP contribution in [-0.2, 0) is 0 Å². The first-order valence-corrected chi connectivity index (χ1v) is 6.54. The van der Waals surface area contributed by atoms with Crippen LogP contribution in [0.15, 0.2) is 24.3 Å². The number of rotatable bonds is 6. The van der Waals surface area contributed by atoms with Crippen LogP contribution in [0, 0.1) is 5.41 Å². The SMILES string of the molecule is N=C(N)NCCCN(NC(=O)c1ccccc1C(=O)O)C(=O)O. The molecule has 0 aromatic heterocycles. The van der Waals surface area contributed by atoms with Crippen LogP contribution in [-0.4, -0.2) is 52.2 Å². The van der Waals surface area contributed by atoms with Crippen molar-refractivity contribution in [2.75, 3.05) is 13.1 Å². The molecule has 1 aromatic rings. The third kappa shape index (κ3) is 5.53. The van der Waals surface area contributed by atoms with Gasteiger partial charge in [-0.05, 0) is 18.6 Å². The maximum Gasteiger partial charge on any atom is 0.426 e. The predicted molar refractivity (Wildman–Crippen MR) is 80.1 cm³/mol. The fourth-order valence-corrected chi connectivity index (χ4v) is 1.71. The van der Waals surface area contributed by atoms with Gasteiger partial charge in [0.05, 0.1) is 11.1 Å². The van der Waals surface area contributed by atoms with E-state index in [1.807, 2.05) is 0 Å². The fourth-order valence-electron chi connectivity index (χ4n) is 1.71. The highest BCUT2D eigenvalue weighted by Crippen LogP contribution is 2.09. The Kier molecular flexibility index (Phi) is 6.34. The minimum Gasteiger partial charge on any atom is -0.478 e. The van der Waals surface area contributed by atoms with Crippen molar-refractivity contribution in [3.8, 4) is 0 Å². The van der Waals surface area contributed by atoms with E-state index in [-0.39, 0.29) is 36.6 Å². The number of carbonyl (C=O) groups excluding carboxylic acids is 1. The standard InChI is InChI=1S/C13H17N5O5/c14-12(15)16-6-3-7-18(13(22)23)17-10(19)8-4-1-2-5-9(8)11(20)21/h1-2,4-5H,3,6-7H2,(H,17,19)(H,20,21)(H,22,23)(H4,14,15,16). The summed E-state index contributed by atoms with van der Waals surface area (Å²) in [5.74, 6) is -2.38. The van der Waals surface area contributed by atoms with Crippen LogP contribution in [0.1, 0.15) is 27.1 Å². The monoisotopic (exact) mass is 323 g/mol. The van der Waals surface area contributed by atoms with E-state index in [1.54, 1.807) is 0 Å². The molecule has 0 fully saturated rings. The van der Waals surface area contributed by atoms with Crippen molar-refractivity contribution < 1.29 is 24.6 Å². The molecule has 0 atom stereocenters. The summed E-state index contributed by atoms with van der Waals surface area (Å²) < 4.78 is 0. The van der Waals surface area contributed by atoms with Crippen molar-refractivity contribution in [3.05, 3.63) is 35.4 Å². The number of hydrogen-bond donors (Lipinski definition) is 6. The number of carbonyl (C=O) groups is 3. The molecule has 0 aliphatic rings. The molecule has 1 rings (SSSR count). The molecule has 1 aromatic carbocycles. The Morgan fingerprint density at radius 3 is 2.30 bits per heavy atom. The van der Waals surface area contributed by atoms with E-state index in [0.29, 0.717) is 5.01 Å². The summed E-state index contributed by atoms with van der Waals surface area (Å²) in [6.45, 7) is 0.192. The molecular formula is C13H17N5O5. The van der Waals surface area contributed by atoms with Gasteiger partial charge in [-0.3, -0.25) is 15.6 Å². The third-order valence-corrected chi connectivity index (χ3v) is 2.74. The minimum atomic E-state index is -1.39. The van der Waals surface area contributed by atoms with Gasteiger partial charge < -0.3 is 21.3 Å². The molecule has 0 heterocycles. The van der Waals surface area contributed by atoms with Gasteiger partial charge in [-0.25, -0.2) is 14.6 Å². The summed E-state index contributed by atoms with van der Waals surface area (Å²) in [7, 11) is 0. The largest absolute Gasteiger partial charge is 0.478 e. The molecule has 0 bridgehead atoms. The predicted octanol–water partition coefficient (Wildman–Crippen LogP) is -0.117. The lowest BCUT2D eigenvalue weighted by Gasteiger charge is -2.20. The number of nitrogens with zero attached hydrogens (tertiary/aromatic N) is 1. The van der Waals surface area contributed by atoms with Crippen molar-refractivity contribution in [1.29, 1.82) is 5.41 Å². The molecule has 0 saturated heterocycles. The highest BCUT2D eigenvalue weighted by molar-refractivity contribution is 6.04. The number of nitrogens with one attached hydrogen (secondary N) is 3. The van der Waals surface area contributed by atoms with Crippen LogP contribution in [0.4, 0.5) is 4.79 Å². The molecule has 2 amide bonds. The molecule has 0 radical (unpaired) electrons. The summed E-state index contributed by atoms with van der Waals surface area (Å²) in [5, 5.41) is 28.2. The lowest BCUT2D eigenvalue weighted by molar-refractivity contribution is 0.0680. The number of nitrogens with two attached hydrogens (primary N) is 1. The summed E-state index contributed by atoms with van der Waals surface area (Å²) in [4.78, 5) is 34.3. The molecule has 0 aliphatic carbocycles. The number of amides is 2. The van der Waals surface area contributed by atoms with Crippen molar-refractivity contribution in [1.82, 2.24) is 15.8 Å². The Hall–Kier alpha value is -3.30. The Labute approximate surface area is 131 Å². The van der Waals surface area contributed by atoms with Crippen molar-refractivity contribution in [3.63, 3.8) is 0 Å². The van der Waals surface area contributed by atoms with Crippen LogP contribution in [0.3, 0.4) is 0 Å². The van der Waals surface area contributed by atoms with E-state index in [2.05, 4.69) is 10.7 Å². The Morgan fingerprint density at radius 2 is 1.78 bits per heavy atom. The first-order chi connectivity index (χ1) is 10.8. The minimum absolute atomic E-state index is 0.0589. The first-order valence-electron chi connectivity index (χ1n) is 6.54. The van der Waals surface area contributed by atoms with E-state index >= 15 is 0 Å². The highest BCUT2D eigenvalue weighted by Gasteiger charge is 2.20. The van der Waals surface area contributed by atoms with Gasteiger partial charge in [-0.2, -0.15) is 0 Å². The quantitative estimate of drug-likeness (QED) is 0.183. The second-order valence-corrected chi connectivity index (χ2v) is 4.42. The molecule has 0 unspecified atom stereocenters. The molecule has 7 N–H and O–H groups in total. The number of hydrazine groups is 1. The molecule has 0 saturated carbocycles. The van der Waals surface area contributed by atoms with Crippen LogP contribution in [0.25, 0.3) is 0 Å². The Bertz CT molecular complexity index is 619. The molecule has 0 spiro atoms. The maximum atomic E-state index is 12.1. The summed E-state index contributed by atoms with van der Waals surface area (Å²) in [6, 6.07) is 5.47. The van der Waals surface area contributed by atoms with E-state index < -0.39 is 18.0 Å². The zero-order valence-corrected chi connectivity index (χ0v) is 12.1. The zero-order chi connectivity index (χ0) is 17.4. The summed E-state index contributed by atoms with van der Waals surface area (Å²) >= 11 is 0. The van der Waals surface area contributed by atoms with E-state index in [1.165, 1.54) is 24.3 Å². The van der Waals surface area contributed by atoms with E-state index in [4.69, 9.17) is 21.4 Å². The smallest absolute Gasteiger partial charge is 0.426 e. The van der Waals surface area contributed by atoms with Gasteiger partial charge in [0, 0.05) is 13.1 Å². The van der Waals surface area contributed by atoms with E-state index in [9.17, 15) is 14.4 Å². The van der Waals surface area contributed by atoms with Gasteiger partial charge in [0.2, 0.25) is 0 Å². The third-order valence-electron chi connectivity index (χ3n) is 2.74. The first kappa shape index (κ1) is 17.8. The highest BCUT2D eigenvalue weighted by atomic mass is 16.4. The van der Waals surface area contributed by atoms with Crippen LogP contribution < -0.4 is 16.5 Å². The van der Waals surface area contributed by atoms with Crippen LogP contribution in [0.5, 0.6) is 0 Å². The van der Waals surface area contributed by atoms with Gasteiger partial charge >= 0.3 is 12.1 Å². The molecule has 10 nitrogen and oxygen atoms in total. The number of benzene rings is 1. The van der Waals surface area contributed by atoms with Gasteiger partial charge in [-0.1, -0.05) is 12.1 Å². The second-order valence-electron chi connectivity index (χ2n) is 4.42. The number of hydrogen-bond acceptors (Lipinski definition) is 4. The zero-order valence-electron chi connectivity index (χ0n) is 12.1. The van der Waals surface area contributed by atoms with E-state index in [0.717, 1.165) is 0 Å². The van der Waals surface area contributed by atoms with Crippen molar-refractivity contribution in [2.45, 2.75) is 6.42 Å². The number of aromatic carboxylic acids is 1. The number of guanidine groups is 1. The lowest BCUT2D eigenvalue weighted by atomic mass is 10.1.